The van der Waals surface area contributed by atoms with Crippen molar-refractivity contribution < 1.29 is 1.43 Å². The topological polar surface area (TPSA) is 41.8 Å². The number of aromatic amines is 1. The molecule has 1 aromatic heterocycles. The Morgan fingerprint density at radius 3 is 2.55 bits per heavy atom. The van der Waals surface area contributed by atoms with Gasteiger partial charge in [0.05, 0.1) is 0 Å². The fourth-order valence-electron chi connectivity index (χ4n) is 5.21. The Morgan fingerprint density at radius 2 is 1.64 bits per heavy atom. The average Bonchev–Trinajstić information content (AvgIpc) is 3.28. The molecule has 3 N–H and O–H groups in total. The smallest absolute Gasteiger partial charge is 0.0456 e. The molecule has 168 valence electrons. The van der Waals surface area contributed by atoms with Crippen LogP contribution in [0, 0.1) is 0 Å². The van der Waals surface area contributed by atoms with Crippen LogP contribution in [0.25, 0.3) is 21.7 Å². The molecular formula is C31H34N2. The second-order valence-corrected chi connectivity index (χ2v) is 9.07. The second-order valence-electron chi connectivity index (χ2n) is 9.07. The quantitative estimate of drug-likeness (QED) is 0.304. The zero-order valence-electron chi connectivity index (χ0n) is 19.1. The van der Waals surface area contributed by atoms with E-state index in [0.29, 0.717) is 12.5 Å². The van der Waals surface area contributed by atoms with Crippen LogP contribution in [0.5, 0.6) is 0 Å². The molecule has 1 heterocycles. The molecule has 0 fully saturated rings. The predicted octanol–water partition coefficient (Wildman–Crippen LogP) is 7.42. The first-order valence-corrected chi connectivity index (χ1v) is 12.1. The third kappa shape index (κ3) is 4.86. The zero-order valence-corrected chi connectivity index (χ0v) is 19.1. The Hall–Kier alpha value is -3.36. The number of rotatable bonds is 4. The number of nitrogens with two attached hydrogens (primary N) is 1. The largest absolute Gasteiger partial charge is 0.361 e. The van der Waals surface area contributed by atoms with Crippen LogP contribution >= 0.6 is 0 Å². The number of benzene rings is 4. The summed E-state index contributed by atoms with van der Waals surface area (Å²) in [6.07, 6.45) is 8.06. The van der Waals surface area contributed by atoms with Crippen molar-refractivity contribution in [2.75, 3.05) is 6.54 Å². The SMILES string of the molecule is NCCc1c[nH]c2ccccc12.[HH].c1ccc2c(c1)CCCC2Cc1ccc2ccccc2c1. The second kappa shape index (κ2) is 10.1. The van der Waals surface area contributed by atoms with Crippen LogP contribution in [0.15, 0.2) is 97.2 Å². The van der Waals surface area contributed by atoms with Gasteiger partial charge in [0.25, 0.3) is 0 Å². The van der Waals surface area contributed by atoms with E-state index in [-0.39, 0.29) is 1.43 Å². The highest BCUT2D eigenvalue weighted by molar-refractivity contribution is 5.83. The van der Waals surface area contributed by atoms with Gasteiger partial charge in [-0.1, -0.05) is 84.9 Å². The summed E-state index contributed by atoms with van der Waals surface area (Å²) >= 11 is 0. The number of aryl methyl sites for hydroxylation is 1. The Labute approximate surface area is 197 Å². The lowest BCUT2D eigenvalue weighted by Gasteiger charge is -2.25. The average molecular weight is 435 g/mol. The summed E-state index contributed by atoms with van der Waals surface area (Å²) in [5.41, 5.74) is 12.6. The van der Waals surface area contributed by atoms with Gasteiger partial charge in [-0.3, -0.25) is 0 Å². The fourth-order valence-corrected chi connectivity index (χ4v) is 5.21. The zero-order chi connectivity index (χ0) is 22.5. The van der Waals surface area contributed by atoms with Gasteiger partial charge in [-0.25, -0.2) is 0 Å². The number of para-hydroxylation sites is 1. The first-order chi connectivity index (χ1) is 16.3. The van der Waals surface area contributed by atoms with Crippen molar-refractivity contribution in [2.45, 2.75) is 38.0 Å². The van der Waals surface area contributed by atoms with Crippen LogP contribution in [0.3, 0.4) is 0 Å². The lowest BCUT2D eigenvalue weighted by molar-refractivity contribution is 0.551. The monoisotopic (exact) mass is 434 g/mol. The van der Waals surface area contributed by atoms with Crippen molar-refractivity contribution in [1.29, 1.82) is 0 Å². The van der Waals surface area contributed by atoms with Crippen molar-refractivity contribution in [1.82, 2.24) is 4.98 Å². The highest BCUT2D eigenvalue weighted by atomic mass is 14.7. The highest BCUT2D eigenvalue weighted by Crippen LogP contribution is 2.34. The lowest BCUT2D eigenvalue weighted by Crippen LogP contribution is -2.11. The number of aromatic nitrogens is 1. The normalized spacial score (nSPS) is 15.1. The van der Waals surface area contributed by atoms with Crippen LogP contribution in [-0.2, 0) is 19.3 Å². The van der Waals surface area contributed by atoms with Gasteiger partial charge in [0, 0.05) is 18.5 Å². The molecule has 1 atom stereocenters. The number of fused-ring (bicyclic) bond motifs is 3. The molecule has 0 amide bonds. The van der Waals surface area contributed by atoms with Crippen molar-refractivity contribution >= 4 is 21.7 Å². The third-order valence-electron chi connectivity index (χ3n) is 6.88. The van der Waals surface area contributed by atoms with Gasteiger partial charge in [-0.15, -0.1) is 0 Å². The molecule has 33 heavy (non-hydrogen) atoms. The van der Waals surface area contributed by atoms with Crippen LogP contribution in [0.4, 0.5) is 0 Å². The van der Waals surface area contributed by atoms with E-state index in [1.807, 2.05) is 12.3 Å². The molecule has 0 aliphatic heterocycles. The molecule has 6 rings (SSSR count). The summed E-state index contributed by atoms with van der Waals surface area (Å²) in [6.45, 7) is 0.710. The highest BCUT2D eigenvalue weighted by Gasteiger charge is 2.19. The minimum atomic E-state index is 0. The number of hydrogen-bond donors (Lipinski definition) is 2. The first kappa shape index (κ1) is 21.5. The molecule has 0 bridgehead atoms. The molecule has 2 nitrogen and oxygen atoms in total. The van der Waals surface area contributed by atoms with Crippen LogP contribution in [-0.4, -0.2) is 11.5 Å². The minimum Gasteiger partial charge on any atom is -0.361 e. The van der Waals surface area contributed by atoms with Gasteiger partial charge in [0.2, 0.25) is 0 Å². The van der Waals surface area contributed by atoms with E-state index in [9.17, 15) is 0 Å². The van der Waals surface area contributed by atoms with E-state index in [1.165, 1.54) is 58.5 Å². The molecular weight excluding hydrogens is 400 g/mol. The van der Waals surface area contributed by atoms with Crippen LogP contribution in [0.1, 0.15) is 42.4 Å². The molecule has 0 radical (unpaired) electrons. The molecule has 1 aliphatic rings. The summed E-state index contributed by atoms with van der Waals surface area (Å²) in [5.74, 6) is 0.691. The Kier molecular flexibility index (Phi) is 6.55. The molecule has 5 aromatic rings. The summed E-state index contributed by atoms with van der Waals surface area (Å²) in [4.78, 5) is 3.22. The lowest BCUT2D eigenvalue weighted by atomic mass is 9.79. The summed E-state index contributed by atoms with van der Waals surface area (Å²) in [5, 5.41) is 3.99. The van der Waals surface area contributed by atoms with E-state index in [2.05, 4.69) is 89.9 Å². The number of hydrogen-bond acceptors (Lipinski definition) is 1. The summed E-state index contributed by atoms with van der Waals surface area (Å²) in [6, 6.07) is 32.9. The standard InChI is InChI=1S/C21H20.C10H12N2.H2/c1-2-8-19-14-16(12-13-17(19)6-1)15-20-10-5-9-18-7-3-4-11-21(18)20;11-6-5-8-7-12-10-4-2-1-3-9(8)10;/h1-4,6-8,11-14,20H,5,9-10,15H2;1-4,7,12H,5-6,11H2;1H. The predicted molar refractivity (Wildman–Crippen MR) is 143 cm³/mol. The van der Waals surface area contributed by atoms with Crippen molar-refractivity contribution in [3.8, 4) is 0 Å². The van der Waals surface area contributed by atoms with E-state index in [4.69, 9.17) is 5.73 Å². The van der Waals surface area contributed by atoms with Gasteiger partial charge < -0.3 is 10.7 Å². The maximum Gasteiger partial charge on any atom is 0.0456 e. The molecule has 1 unspecified atom stereocenters. The Morgan fingerprint density at radius 1 is 0.848 bits per heavy atom. The first-order valence-electron chi connectivity index (χ1n) is 12.1. The van der Waals surface area contributed by atoms with Gasteiger partial charge in [-0.05, 0) is 83.7 Å². The number of nitrogens with one attached hydrogen (secondary N) is 1. The van der Waals surface area contributed by atoms with E-state index < -0.39 is 0 Å². The molecule has 0 spiro atoms. The third-order valence-corrected chi connectivity index (χ3v) is 6.88. The van der Waals surface area contributed by atoms with Gasteiger partial charge in [0.15, 0.2) is 0 Å². The van der Waals surface area contributed by atoms with Crippen LogP contribution in [0.2, 0.25) is 0 Å². The van der Waals surface area contributed by atoms with Gasteiger partial charge >= 0.3 is 0 Å². The minimum absolute atomic E-state index is 0. The van der Waals surface area contributed by atoms with E-state index in [1.54, 1.807) is 11.1 Å². The molecule has 0 saturated heterocycles. The van der Waals surface area contributed by atoms with Crippen molar-refractivity contribution in [3.63, 3.8) is 0 Å². The van der Waals surface area contributed by atoms with Crippen LogP contribution < -0.4 is 5.73 Å². The van der Waals surface area contributed by atoms with E-state index in [0.717, 1.165) is 6.42 Å². The van der Waals surface area contributed by atoms with Crippen molar-refractivity contribution in [2.24, 2.45) is 5.73 Å². The van der Waals surface area contributed by atoms with Gasteiger partial charge in [0.1, 0.15) is 0 Å². The van der Waals surface area contributed by atoms with E-state index >= 15 is 0 Å². The molecule has 0 saturated carbocycles. The van der Waals surface area contributed by atoms with Gasteiger partial charge in [-0.2, -0.15) is 0 Å². The fraction of sp³-hybridized carbons (Fsp3) is 0.226. The Balaban J connectivity index is 0.000000180. The maximum atomic E-state index is 5.50. The molecule has 1 aliphatic carbocycles. The summed E-state index contributed by atoms with van der Waals surface area (Å²) < 4.78 is 0. The number of H-pyrrole nitrogens is 1. The molecule has 2 heteroatoms. The van der Waals surface area contributed by atoms with Crippen molar-refractivity contribution in [3.05, 3.63) is 119 Å². The molecule has 4 aromatic carbocycles. The maximum absolute atomic E-state index is 5.50. The summed E-state index contributed by atoms with van der Waals surface area (Å²) in [7, 11) is 0. The Bertz CT molecular complexity index is 1350.